The molecule has 0 amide bonds. The summed E-state index contributed by atoms with van der Waals surface area (Å²) in [4.78, 5) is 12.6. The third-order valence-corrected chi connectivity index (χ3v) is 6.56. The van der Waals surface area contributed by atoms with Crippen LogP contribution in [0.3, 0.4) is 0 Å². The van der Waals surface area contributed by atoms with Crippen molar-refractivity contribution >= 4 is 5.97 Å². The van der Waals surface area contributed by atoms with Gasteiger partial charge in [-0.05, 0) is 51.3 Å². The molecule has 188 valence electrons. The third-order valence-electron chi connectivity index (χ3n) is 6.56. The number of hydrogen-bond donors (Lipinski definition) is 0. The summed E-state index contributed by atoms with van der Waals surface area (Å²) >= 11 is 0. The molecule has 5 nitrogen and oxygen atoms in total. The van der Waals surface area contributed by atoms with Crippen LogP contribution < -0.4 is 4.74 Å². The van der Waals surface area contributed by atoms with Crippen LogP contribution >= 0.6 is 0 Å². The van der Waals surface area contributed by atoms with E-state index in [0.717, 1.165) is 38.1 Å². The number of rotatable bonds is 15. The number of likely N-dealkylation sites (N-methyl/N-ethyl adjacent to an activating group) is 1. The molecule has 0 aromatic heterocycles. The van der Waals surface area contributed by atoms with Crippen LogP contribution in [0.15, 0.2) is 24.3 Å². The molecule has 1 aliphatic heterocycles. The number of ether oxygens (including phenoxy) is 3. The molecule has 0 bridgehead atoms. The van der Waals surface area contributed by atoms with Crippen LogP contribution in [0.2, 0.25) is 0 Å². The van der Waals surface area contributed by atoms with Gasteiger partial charge in [-0.25, -0.2) is 4.79 Å². The van der Waals surface area contributed by atoms with Gasteiger partial charge in [0.15, 0.2) is 6.04 Å². The Labute approximate surface area is 202 Å². The number of carbonyl (C=O) groups is 1. The zero-order valence-corrected chi connectivity index (χ0v) is 21.9. The van der Waals surface area contributed by atoms with E-state index in [1.54, 1.807) is 0 Å². The number of nitrogens with zero attached hydrogens (tertiary/aromatic N) is 1. The molecule has 1 aromatic carbocycles. The molecule has 0 saturated carbocycles. The van der Waals surface area contributed by atoms with Crippen LogP contribution in [0.5, 0.6) is 5.75 Å². The van der Waals surface area contributed by atoms with Crippen molar-refractivity contribution in [1.82, 2.24) is 0 Å². The molecule has 1 aliphatic rings. The first kappa shape index (κ1) is 27.7. The molecule has 1 fully saturated rings. The minimum absolute atomic E-state index is 0.0780. The number of esters is 1. The molecular weight excluding hydrogens is 414 g/mol. The number of unbranched alkanes of at least 4 members (excludes halogenated alkanes) is 5. The molecule has 1 aromatic rings. The van der Waals surface area contributed by atoms with Gasteiger partial charge in [-0.1, -0.05) is 51.2 Å². The molecule has 33 heavy (non-hydrogen) atoms. The second-order valence-corrected chi connectivity index (χ2v) is 10.7. The van der Waals surface area contributed by atoms with Crippen molar-refractivity contribution in [3.63, 3.8) is 0 Å². The fourth-order valence-corrected chi connectivity index (χ4v) is 4.58. The van der Waals surface area contributed by atoms with Crippen molar-refractivity contribution in [2.24, 2.45) is 0 Å². The largest absolute Gasteiger partial charge is 0.491 e. The number of benzene rings is 1. The van der Waals surface area contributed by atoms with Crippen molar-refractivity contribution in [3.05, 3.63) is 29.8 Å². The predicted molar refractivity (Wildman–Crippen MR) is 135 cm³/mol. The van der Waals surface area contributed by atoms with E-state index < -0.39 is 5.60 Å². The lowest BCUT2D eigenvalue weighted by Gasteiger charge is -2.35. The monoisotopic (exact) mass is 462 g/mol. The summed E-state index contributed by atoms with van der Waals surface area (Å²) in [6.45, 7) is 11.6. The van der Waals surface area contributed by atoms with Crippen molar-refractivity contribution < 1.29 is 23.5 Å². The number of quaternary nitrogens is 1. The quantitative estimate of drug-likeness (QED) is 0.184. The number of carbonyl (C=O) groups excluding carboxylic acids is 1. The van der Waals surface area contributed by atoms with Gasteiger partial charge in [0.25, 0.3) is 0 Å². The maximum Gasteiger partial charge on any atom is 0.365 e. The van der Waals surface area contributed by atoms with E-state index >= 15 is 0 Å². The van der Waals surface area contributed by atoms with Crippen LogP contribution in [0.1, 0.15) is 84.6 Å². The van der Waals surface area contributed by atoms with Gasteiger partial charge in [-0.15, -0.1) is 0 Å². The van der Waals surface area contributed by atoms with Crippen molar-refractivity contribution in [1.29, 1.82) is 0 Å². The minimum atomic E-state index is -0.440. The lowest BCUT2D eigenvalue weighted by molar-refractivity contribution is -0.913. The van der Waals surface area contributed by atoms with Crippen LogP contribution in [-0.2, 0) is 20.7 Å². The highest BCUT2D eigenvalue weighted by Crippen LogP contribution is 2.27. The maximum atomic E-state index is 12.6. The zero-order chi connectivity index (χ0) is 24.2. The Balaban J connectivity index is 1.60. The van der Waals surface area contributed by atoms with E-state index in [1.165, 1.54) is 44.1 Å². The van der Waals surface area contributed by atoms with E-state index in [1.807, 2.05) is 20.8 Å². The Morgan fingerprint density at radius 3 is 2.39 bits per heavy atom. The van der Waals surface area contributed by atoms with E-state index in [4.69, 9.17) is 14.2 Å². The van der Waals surface area contributed by atoms with E-state index in [2.05, 4.69) is 38.2 Å². The Morgan fingerprint density at radius 1 is 1.00 bits per heavy atom. The van der Waals surface area contributed by atoms with Crippen LogP contribution in [-0.4, -0.2) is 62.1 Å². The van der Waals surface area contributed by atoms with Gasteiger partial charge in [-0.2, -0.15) is 0 Å². The predicted octanol–water partition coefficient (Wildman–Crippen LogP) is 5.94. The van der Waals surface area contributed by atoms with Gasteiger partial charge in [0.1, 0.15) is 24.5 Å². The first-order valence-electron chi connectivity index (χ1n) is 13.1. The summed E-state index contributed by atoms with van der Waals surface area (Å²) in [5, 5.41) is 0. The van der Waals surface area contributed by atoms with Crippen LogP contribution in [0, 0.1) is 0 Å². The standard InChI is InChI=1S/C28H48NO4/c1-6-7-8-9-10-11-13-24-15-17-25(18-16-24)32-23-22-31-21-20-29(5)19-12-14-26(29)27(30)33-28(2,3)4/h15-18,26H,6-14,19-23H2,1-5H3/q+1. The van der Waals surface area contributed by atoms with Crippen molar-refractivity contribution in [3.8, 4) is 5.75 Å². The van der Waals surface area contributed by atoms with E-state index in [-0.39, 0.29) is 12.0 Å². The molecule has 0 aliphatic carbocycles. The average Bonchev–Trinajstić information content (AvgIpc) is 3.14. The first-order chi connectivity index (χ1) is 15.7. The van der Waals surface area contributed by atoms with Crippen molar-refractivity contribution in [2.45, 2.75) is 97.1 Å². The summed E-state index contributed by atoms with van der Waals surface area (Å²) in [6.07, 6.45) is 11.1. The smallest absolute Gasteiger partial charge is 0.365 e. The number of likely N-dealkylation sites (tertiary alicyclic amines) is 1. The van der Waals surface area contributed by atoms with Gasteiger partial charge in [-0.3, -0.25) is 0 Å². The molecule has 0 spiro atoms. The molecule has 2 unspecified atom stereocenters. The highest BCUT2D eigenvalue weighted by Gasteiger charge is 2.44. The van der Waals surface area contributed by atoms with Gasteiger partial charge >= 0.3 is 5.97 Å². The molecule has 1 saturated heterocycles. The van der Waals surface area contributed by atoms with Crippen LogP contribution in [0.4, 0.5) is 0 Å². The molecule has 5 heteroatoms. The zero-order valence-electron chi connectivity index (χ0n) is 21.9. The molecule has 1 heterocycles. The second-order valence-electron chi connectivity index (χ2n) is 10.7. The second kappa shape index (κ2) is 14.0. The average molecular weight is 463 g/mol. The first-order valence-corrected chi connectivity index (χ1v) is 13.1. The Kier molecular flexibility index (Phi) is 11.7. The summed E-state index contributed by atoms with van der Waals surface area (Å²) in [5.41, 5.74) is 0.946. The third kappa shape index (κ3) is 10.5. The topological polar surface area (TPSA) is 44.8 Å². The van der Waals surface area contributed by atoms with Crippen molar-refractivity contribution in [2.75, 3.05) is 40.0 Å². The normalized spacial score (nSPS) is 20.7. The SMILES string of the molecule is CCCCCCCCc1ccc(OCCOCC[N+]2(C)CCCC2C(=O)OC(C)(C)C)cc1. The molecular formula is C28H48NO4+. The summed E-state index contributed by atoms with van der Waals surface area (Å²) < 4.78 is 18.0. The van der Waals surface area contributed by atoms with Gasteiger partial charge in [0, 0.05) is 12.8 Å². The van der Waals surface area contributed by atoms with Crippen LogP contribution in [0.25, 0.3) is 0 Å². The summed E-state index contributed by atoms with van der Waals surface area (Å²) in [5.74, 6) is 0.819. The highest BCUT2D eigenvalue weighted by atomic mass is 16.6. The Bertz CT molecular complexity index is 682. The molecule has 0 radical (unpaired) electrons. The number of hydrogen-bond acceptors (Lipinski definition) is 4. The molecule has 0 N–H and O–H groups in total. The Hall–Kier alpha value is -1.59. The van der Waals surface area contributed by atoms with E-state index in [0.29, 0.717) is 24.3 Å². The van der Waals surface area contributed by atoms with E-state index in [9.17, 15) is 4.79 Å². The lowest BCUT2D eigenvalue weighted by Crippen LogP contribution is -2.54. The maximum absolute atomic E-state index is 12.6. The minimum Gasteiger partial charge on any atom is -0.491 e. The summed E-state index contributed by atoms with van der Waals surface area (Å²) in [6, 6.07) is 8.40. The number of aryl methyl sites for hydroxylation is 1. The summed E-state index contributed by atoms with van der Waals surface area (Å²) in [7, 11) is 2.15. The highest BCUT2D eigenvalue weighted by molar-refractivity contribution is 5.75. The lowest BCUT2D eigenvalue weighted by atomic mass is 10.0. The molecule has 2 rings (SSSR count). The van der Waals surface area contributed by atoms with Gasteiger partial charge < -0.3 is 18.7 Å². The Morgan fingerprint density at radius 2 is 1.70 bits per heavy atom. The molecule has 2 atom stereocenters. The fourth-order valence-electron chi connectivity index (χ4n) is 4.58. The fraction of sp³-hybridized carbons (Fsp3) is 0.750. The van der Waals surface area contributed by atoms with Gasteiger partial charge in [0.05, 0.1) is 26.8 Å². The van der Waals surface area contributed by atoms with Gasteiger partial charge in [0.2, 0.25) is 0 Å².